The molecule has 3 aromatic rings. The summed E-state index contributed by atoms with van der Waals surface area (Å²) in [5, 5.41) is 0.695. The summed E-state index contributed by atoms with van der Waals surface area (Å²) in [5.41, 5.74) is 4.08. The van der Waals surface area contributed by atoms with Crippen LogP contribution in [0.5, 0.6) is 11.5 Å². The van der Waals surface area contributed by atoms with Crippen molar-refractivity contribution in [2.75, 3.05) is 7.11 Å². The van der Waals surface area contributed by atoms with E-state index < -0.39 is 0 Å². The Labute approximate surface area is 178 Å². The topological polar surface area (TPSA) is 30.8 Å². The van der Waals surface area contributed by atoms with Gasteiger partial charge in [-0.15, -0.1) is 0 Å². The lowest BCUT2D eigenvalue weighted by molar-refractivity contribution is 0.282. The quantitative estimate of drug-likeness (QED) is 0.288. The van der Waals surface area contributed by atoms with E-state index in [0.717, 1.165) is 20.4 Å². The fourth-order valence-electron chi connectivity index (χ4n) is 2.52. The Morgan fingerprint density at radius 1 is 1.07 bits per heavy atom. The van der Waals surface area contributed by atoms with Crippen molar-refractivity contribution in [1.82, 2.24) is 0 Å². The lowest BCUT2D eigenvalue weighted by Gasteiger charge is -2.13. The third-order valence-corrected chi connectivity index (χ3v) is 4.96. The molecular weight excluding hydrogens is 473 g/mol. The fourth-order valence-corrected chi connectivity index (χ4v) is 3.51. The van der Waals surface area contributed by atoms with E-state index in [9.17, 15) is 0 Å². The van der Waals surface area contributed by atoms with Gasteiger partial charge in [0.05, 0.1) is 16.4 Å². The predicted octanol–water partition coefficient (Wildman–Crippen LogP) is 6.59. The minimum atomic E-state index is 0.420. The molecule has 0 spiro atoms. The summed E-state index contributed by atoms with van der Waals surface area (Å²) >= 11 is 8.29. The van der Waals surface area contributed by atoms with E-state index in [2.05, 4.69) is 34.5 Å². The van der Waals surface area contributed by atoms with Gasteiger partial charge in [-0.05, 0) is 77.0 Å². The summed E-state index contributed by atoms with van der Waals surface area (Å²) in [6.45, 7) is 2.48. The Morgan fingerprint density at radius 3 is 2.56 bits per heavy atom. The van der Waals surface area contributed by atoms with Gasteiger partial charge in [0.15, 0.2) is 11.5 Å². The van der Waals surface area contributed by atoms with Crippen LogP contribution >= 0.6 is 34.2 Å². The van der Waals surface area contributed by atoms with Crippen molar-refractivity contribution in [3.63, 3.8) is 0 Å². The second-order valence-electron chi connectivity index (χ2n) is 6.05. The van der Waals surface area contributed by atoms with E-state index in [1.54, 1.807) is 7.11 Å². The van der Waals surface area contributed by atoms with Gasteiger partial charge in [0.25, 0.3) is 0 Å². The first-order valence-electron chi connectivity index (χ1n) is 8.40. The van der Waals surface area contributed by atoms with E-state index in [4.69, 9.17) is 21.1 Å². The first kappa shape index (κ1) is 19.7. The molecule has 0 aliphatic carbocycles. The summed E-state index contributed by atoms with van der Waals surface area (Å²) in [7, 11) is 1.64. The molecule has 0 radical (unpaired) electrons. The molecule has 0 amide bonds. The average Bonchev–Trinajstić information content (AvgIpc) is 2.66. The van der Waals surface area contributed by atoms with Crippen LogP contribution in [0.2, 0.25) is 5.02 Å². The summed E-state index contributed by atoms with van der Waals surface area (Å²) < 4.78 is 12.5. The second kappa shape index (κ2) is 9.24. The SMILES string of the molecule is COc1cc(C=Nc2ccc(C)cc2)cc(I)c1OCc1cccc(Cl)c1. The van der Waals surface area contributed by atoms with Crippen LogP contribution in [0, 0.1) is 10.5 Å². The monoisotopic (exact) mass is 491 g/mol. The van der Waals surface area contributed by atoms with E-state index >= 15 is 0 Å². The van der Waals surface area contributed by atoms with Crippen molar-refractivity contribution in [1.29, 1.82) is 0 Å². The van der Waals surface area contributed by atoms with Crippen molar-refractivity contribution in [3.8, 4) is 11.5 Å². The molecule has 0 atom stereocenters. The van der Waals surface area contributed by atoms with Crippen molar-refractivity contribution >= 4 is 46.1 Å². The van der Waals surface area contributed by atoms with Crippen molar-refractivity contribution < 1.29 is 9.47 Å². The van der Waals surface area contributed by atoms with Gasteiger partial charge >= 0.3 is 0 Å². The van der Waals surface area contributed by atoms with Crippen molar-refractivity contribution in [2.24, 2.45) is 4.99 Å². The number of methoxy groups -OCH3 is 1. The number of nitrogens with zero attached hydrogens (tertiary/aromatic N) is 1. The molecule has 0 N–H and O–H groups in total. The molecule has 0 aliphatic heterocycles. The Morgan fingerprint density at radius 2 is 1.85 bits per heavy atom. The number of hydrogen-bond acceptors (Lipinski definition) is 3. The van der Waals surface area contributed by atoms with E-state index in [0.29, 0.717) is 23.1 Å². The number of aliphatic imine (C=N–C) groups is 1. The summed E-state index contributed by atoms with van der Waals surface area (Å²) in [5.74, 6) is 1.39. The molecule has 5 heteroatoms. The number of ether oxygens (including phenoxy) is 2. The smallest absolute Gasteiger partial charge is 0.174 e. The van der Waals surface area contributed by atoms with Crippen LogP contribution in [-0.4, -0.2) is 13.3 Å². The number of halogens is 2. The largest absolute Gasteiger partial charge is 0.493 e. The summed E-state index contributed by atoms with van der Waals surface area (Å²) in [6, 6.07) is 19.7. The third-order valence-electron chi connectivity index (χ3n) is 3.92. The summed E-state index contributed by atoms with van der Waals surface area (Å²) in [6.07, 6.45) is 1.83. The third kappa shape index (κ3) is 5.47. The maximum absolute atomic E-state index is 6.03. The van der Waals surface area contributed by atoms with Gasteiger partial charge in [-0.2, -0.15) is 0 Å². The lowest BCUT2D eigenvalue weighted by Crippen LogP contribution is -2.00. The maximum Gasteiger partial charge on any atom is 0.174 e. The molecule has 0 fully saturated rings. The highest BCUT2D eigenvalue weighted by Gasteiger charge is 2.11. The zero-order valence-corrected chi connectivity index (χ0v) is 18.0. The van der Waals surface area contributed by atoms with Gasteiger partial charge < -0.3 is 9.47 Å². The minimum Gasteiger partial charge on any atom is -0.493 e. The van der Waals surface area contributed by atoms with Crippen LogP contribution in [0.15, 0.2) is 65.7 Å². The van der Waals surface area contributed by atoms with Gasteiger partial charge in [0.2, 0.25) is 0 Å². The fraction of sp³-hybridized carbons (Fsp3) is 0.136. The molecule has 3 nitrogen and oxygen atoms in total. The van der Waals surface area contributed by atoms with Crippen molar-refractivity contribution in [3.05, 3.63) is 85.9 Å². The van der Waals surface area contributed by atoms with Gasteiger partial charge in [-0.1, -0.05) is 41.4 Å². The molecule has 0 saturated carbocycles. The first-order chi connectivity index (χ1) is 13.0. The van der Waals surface area contributed by atoms with Crippen LogP contribution in [0.1, 0.15) is 16.7 Å². The van der Waals surface area contributed by atoms with E-state index in [1.165, 1.54) is 5.56 Å². The standard InChI is InChI=1S/C22H19ClINO2/c1-15-6-8-19(9-7-15)25-13-17-11-20(24)22(21(12-17)26-2)27-14-16-4-3-5-18(23)10-16/h3-13H,14H2,1-2H3. The van der Waals surface area contributed by atoms with E-state index in [-0.39, 0.29) is 0 Å². The van der Waals surface area contributed by atoms with Crippen molar-refractivity contribution in [2.45, 2.75) is 13.5 Å². The Hall–Kier alpha value is -2.05. The van der Waals surface area contributed by atoms with Gasteiger partial charge in [0.1, 0.15) is 6.61 Å². The molecule has 0 aliphatic rings. The highest BCUT2D eigenvalue weighted by atomic mass is 127. The van der Waals surface area contributed by atoms with Gasteiger partial charge in [0, 0.05) is 11.2 Å². The number of aryl methyl sites for hydroxylation is 1. The molecule has 0 bridgehead atoms. The van der Waals surface area contributed by atoms with E-state index in [1.807, 2.05) is 66.9 Å². The van der Waals surface area contributed by atoms with Crippen LogP contribution in [0.3, 0.4) is 0 Å². The molecule has 0 unspecified atom stereocenters. The Bertz CT molecular complexity index is 955. The number of rotatable bonds is 6. The first-order valence-corrected chi connectivity index (χ1v) is 9.86. The Kier molecular flexibility index (Phi) is 6.74. The number of benzene rings is 3. The highest BCUT2D eigenvalue weighted by Crippen LogP contribution is 2.34. The van der Waals surface area contributed by atoms with Crippen LogP contribution in [0.25, 0.3) is 0 Å². The Balaban J connectivity index is 1.79. The molecule has 3 aromatic carbocycles. The molecule has 3 rings (SSSR count). The molecule has 0 heterocycles. The predicted molar refractivity (Wildman–Crippen MR) is 120 cm³/mol. The molecule has 27 heavy (non-hydrogen) atoms. The van der Waals surface area contributed by atoms with Crippen LogP contribution < -0.4 is 9.47 Å². The van der Waals surface area contributed by atoms with Gasteiger partial charge in [-0.25, -0.2) is 0 Å². The molecule has 138 valence electrons. The number of hydrogen-bond donors (Lipinski definition) is 0. The van der Waals surface area contributed by atoms with Crippen LogP contribution in [0.4, 0.5) is 5.69 Å². The van der Waals surface area contributed by atoms with Gasteiger partial charge in [-0.3, -0.25) is 4.99 Å². The highest BCUT2D eigenvalue weighted by molar-refractivity contribution is 14.1. The average molecular weight is 492 g/mol. The zero-order valence-electron chi connectivity index (χ0n) is 15.1. The van der Waals surface area contributed by atoms with Crippen LogP contribution in [-0.2, 0) is 6.61 Å². The second-order valence-corrected chi connectivity index (χ2v) is 7.65. The molecular formula is C22H19ClINO2. The lowest BCUT2D eigenvalue weighted by atomic mass is 10.2. The summed E-state index contributed by atoms with van der Waals surface area (Å²) in [4.78, 5) is 4.53. The normalized spacial score (nSPS) is 11.0. The molecule has 0 saturated heterocycles. The minimum absolute atomic E-state index is 0.420. The zero-order chi connectivity index (χ0) is 19.2. The maximum atomic E-state index is 6.03. The molecule has 0 aromatic heterocycles.